The third-order valence-corrected chi connectivity index (χ3v) is 5.60. The van der Waals surface area contributed by atoms with E-state index in [2.05, 4.69) is 47.8 Å². The van der Waals surface area contributed by atoms with Crippen LogP contribution in [0.5, 0.6) is 5.75 Å². The molecule has 0 aliphatic heterocycles. The molecule has 3 aromatic carbocycles. The molecule has 4 rings (SSSR count). The van der Waals surface area contributed by atoms with Crippen LogP contribution in [0.3, 0.4) is 0 Å². The van der Waals surface area contributed by atoms with Crippen LogP contribution in [0.4, 0.5) is 4.39 Å². The molecule has 0 saturated heterocycles. The fourth-order valence-electron chi connectivity index (χ4n) is 3.92. The number of aromatic nitrogens is 1. The minimum Gasteiger partial charge on any atom is -0.497 e. The lowest BCUT2D eigenvalue weighted by molar-refractivity contribution is 0.130. The van der Waals surface area contributed by atoms with Gasteiger partial charge in [0.2, 0.25) is 0 Å². The lowest BCUT2D eigenvalue weighted by atomic mass is 10.1. The third kappa shape index (κ3) is 4.98. The lowest BCUT2D eigenvalue weighted by Gasteiger charge is -2.13. The van der Waals surface area contributed by atoms with E-state index in [0.29, 0.717) is 6.61 Å². The number of halogens is 1. The predicted molar refractivity (Wildman–Crippen MR) is 131 cm³/mol. The molecular weight excluding hydrogens is 415 g/mol. The van der Waals surface area contributed by atoms with Crippen LogP contribution in [-0.2, 0) is 11.4 Å². The molecule has 0 spiro atoms. The normalized spacial score (nSPS) is 11.5. The van der Waals surface area contributed by atoms with E-state index in [4.69, 9.17) is 9.57 Å². The maximum Gasteiger partial charge on any atom is 0.142 e. The van der Waals surface area contributed by atoms with Gasteiger partial charge in [0.1, 0.15) is 18.2 Å². The summed E-state index contributed by atoms with van der Waals surface area (Å²) in [4.78, 5) is 5.66. The number of nitrogens with zero attached hydrogens (tertiary/aromatic N) is 2. The number of aryl methyl sites for hydroxylation is 1. The zero-order valence-electron chi connectivity index (χ0n) is 19.3. The van der Waals surface area contributed by atoms with Gasteiger partial charge in [0.15, 0.2) is 0 Å². The second-order valence-corrected chi connectivity index (χ2v) is 8.01. The van der Waals surface area contributed by atoms with Crippen molar-refractivity contribution in [3.05, 3.63) is 107 Å². The molecule has 4 aromatic rings. The van der Waals surface area contributed by atoms with E-state index in [1.165, 1.54) is 17.7 Å². The molecule has 0 aliphatic rings. The quantitative estimate of drug-likeness (QED) is 0.232. The molecule has 33 heavy (non-hydrogen) atoms. The van der Waals surface area contributed by atoms with Crippen molar-refractivity contribution in [2.45, 2.75) is 27.4 Å². The number of rotatable bonds is 7. The first-order valence-electron chi connectivity index (χ1n) is 10.8. The largest absolute Gasteiger partial charge is 0.497 e. The average Bonchev–Trinajstić information content (AvgIpc) is 3.16. The first kappa shape index (κ1) is 22.3. The number of methoxy groups -OCH3 is 1. The minimum atomic E-state index is -0.256. The van der Waals surface area contributed by atoms with Crippen molar-refractivity contribution < 1.29 is 14.0 Å². The molecule has 1 aromatic heterocycles. The number of hydrogen-bond donors (Lipinski definition) is 0. The Balaban J connectivity index is 1.69. The monoisotopic (exact) mass is 442 g/mol. The molecule has 168 valence electrons. The highest BCUT2D eigenvalue weighted by molar-refractivity contribution is 6.01. The molecule has 5 heteroatoms. The van der Waals surface area contributed by atoms with Crippen molar-refractivity contribution in [3.8, 4) is 22.7 Å². The Hall–Kier alpha value is -3.86. The van der Waals surface area contributed by atoms with Crippen molar-refractivity contribution >= 4 is 5.71 Å². The maximum atomic E-state index is 13.6. The number of ether oxygens (including phenoxy) is 1. The fourth-order valence-corrected chi connectivity index (χ4v) is 3.92. The first-order chi connectivity index (χ1) is 16.0. The molecule has 0 saturated carbocycles. The van der Waals surface area contributed by atoms with Gasteiger partial charge in [-0.05, 0) is 92.1 Å². The highest BCUT2D eigenvalue weighted by Gasteiger charge is 2.17. The fraction of sp³-hybridized carbons (Fsp3) is 0.179. The highest BCUT2D eigenvalue weighted by Crippen LogP contribution is 2.30. The van der Waals surface area contributed by atoms with Crippen molar-refractivity contribution in [2.75, 3.05) is 7.11 Å². The summed E-state index contributed by atoms with van der Waals surface area (Å²) in [5, 5.41) is 4.38. The van der Waals surface area contributed by atoms with Crippen molar-refractivity contribution in [3.63, 3.8) is 0 Å². The molecule has 0 bridgehead atoms. The van der Waals surface area contributed by atoms with Crippen LogP contribution in [0.1, 0.15) is 29.3 Å². The van der Waals surface area contributed by atoms with Crippen LogP contribution in [-0.4, -0.2) is 17.4 Å². The Morgan fingerprint density at radius 1 is 0.939 bits per heavy atom. The van der Waals surface area contributed by atoms with Crippen LogP contribution in [0.25, 0.3) is 16.9 Å². The average molecular weight is 443 g/mol. The Kier molecular flexibility index (Phi) is 6.59. The summed E-state index contributed by atoms with van der Waals surface area (Å²) in [6.45, 7) is 6.41. The van der Waals surface area contributed by atoms with Crippen molar-refractivity contribution in [1.82, 2.24) is 4.57 Å². The number of hydrogen-bond acceptors (Lipinski definition) is 3. The molecule has 0 radical (unpaired) electrons. The smallest absolute Gasteiger partial charge is 0.142 e. The highest BCUT2D eigenvalue weighted by atomic mass is 19.1. The molecule has 4 nitrogen and oxygen atoms in total. The van der Waals surface area contributed by atoms with Crippen molar-refractivity contribution in [2.24, 2.45) is 5.16 Å². The Morgan fingerprint density at radius 3 is 2.42 bits per heavy atom. The summed E-state index contributed by atoms with van der Waals surface area (Å²) < 4.78 is 21.0. The van der Waals surface area contributed by atoms with Gasteiger partial charge >= 0.3 is 0 Å². The van der Waals surface area contributed by atoms with Gasteiger partial charge in [-0.1, -0.05) is 29.4 Å². The van der Waals surface area contributed by atoms with E-state index in [9.17, 15) is 4.39 Å². The topological polar surface area (TPSA) is 35.8 Å². The van der Waals surface area contributed by atoms with Crippen molar-refractivity contribution in [1.29, 1.82) is 0 Å². The summed E-state index contributed by atoms with van der Waals surface area (Å²) in [5.74, 6) is 0.528. The molecule has 0 amide bonds. The first-order valence-corrected chi connectivity index (χ1v) is 10.8. The number of oxime groups is 1. The standard InChI is InChI=1S/C28H27FN2O2/c1-19-7-5-9-25(15-19)31-21(3)27(17-28(31)23-11-13-24(29)14-12-23)20(2)30-33-18-22-8-6-10-26(16-22)32-4/h5-17H,18H2,1-4H3. The zero-order chi connectivity index (χ0) is 23.4. The molecule has 0 N–H and O–H groups in total. The van der Waals surface area contributed by atoms with Crippen LogP contribution < -0.4 is 4.74 Å². The van der Waals surface area contributed by atoms with Crippen LogP contribution >= 0.6 is 0 Å². The van der Waals surface area contributed by atoms with Gasteiger partial charge in [0, 0.05) is 16.9 Å². The molecule has 0 fully saturated rings. The van der Waals surface area contributed by atoms with Gasteiger partial charge in [-0.3, -0.25) is 0 Å². The van der Waals surface area contributed by atoms with Crippen LogP contribution in [0, 0.1) is 19.7 Å². The molecule has 0 unspecified atom stereocenters. The van der Waals surface area contributed by atoms with Gasteiger partial charge in [-0.25, -0.2) is 4.39 Å². The Morgan fingerprint density at radius 2 is 1.70 bits per heavy atom. The van der Waals surface area contributed by atoms with Gasteiger partial charge < -0.3 is 14.1 Å². The molecular formula is C28H27FN2O2. The molecule has 0 atom stereocenters. The summed E-state index contributed by atoms with van der Waals surface area (Å²) in [5.41, 5.74) is 7.86. The second kappa shape index (κ2) is 9.74. The Bertz CT molecular complexity index is 1290. The SMILES string of the molecule is COc1cccc(CON=C(C)c2cc(-c3ccc(F)cc3)n(-c3cccc(C)c3)c2C)c1. The summed E-state index contributed by atoms with van der Waals surface area (Å²) in [6.07, 6.45) is 0. The predicted octanol–water partition coefficient (Wildman–Crippen LogP) is 6.85. The van der Waals surface area contributed by atoms with E-state index in [1.807, 2.05) is 37.3 Å². The van der Waals surface area contributed by atoms with E-state index in [0.717, 1.165) is 45.2 Å². The zero-order valence-corrected chi connectivity index (χ0v) is 19.3. The molecule has 0 aliphatic carbocycles. The van der Waals surface area contributed by atoms with Gasteiger partial charge in [0.05, 0.1) is 18.5 Å². The van der Waals surface area contributed by atoms with Gasteiger partial charge in [-0.15, -0.1) is 0 Å². The van der Waals surface area contributed by atoms with E-state index >= 15 is 0 Å². The summed E-state index contributed by atoms with van der Waals surface area (Å²) >= 11 is 0. The lowest BCUT2D eigenvalue weighted by Crippen LogP contribution is -2.03. The Labute approximate surface area is 193 Å². The van der Waals surface area contributed by atoms with Crippen LogP contribution in [0.2, 0.25) is 0 Å². The van der Waals surface area contributed by atoms with E-state index in [-0.39, 0.29) is 5.82 Å². The molecule has 1 heterocycles. The second-order valence-electron chi connectivity index (χ2n) is 8.01. The number of benzene rings is 3. The van der Waals surface area contributed by atoms with E-state index in [1.54, 1.807) is 19.2 Å². The maximum absolute atomic E-state index is 13.6. The van der Waals surface area contributed by atoms with E-state index < -0.39 is 0 Å². The van der Waals surface area contributed by atoms with Gasteiger partial charge in [0.25, 0.3) is 0 Å². The van der Waals surface area contributed by atoms with Gasteiger partial charge in [-0.2, -0.15) is 0 Å². The van der Waals surface area contributed by atoms with Crippen LogP contribution in [0.15, 0.2) is 84.0 Å². The summed E-state index contributed by atoms with van der Waals surface area (Å²) in [7, 11) is 1.64. The summed E-state index contributed by atoms with van der Waals surface area (Å²) in [6, 6.07) is 24.7. The third-order valence-electron chi connectivity index (χ3n) is 5.60. The minimum absolute atomic E-state index is 0.256.